The van der Waals surface area contributed by atoms with E-state index in [0.717, 1.165) is 45.9 Å². The average molecular weight is 320 g/mol. The van der Waals surface area contributed by atoms with Gasteiger partial charge in [0.1, 0.15) is 11.3 Å². The van der Waals surface area contributed by atoms with E-state index in [9.17, 15) is 0 Å². The van der Waals surface area contributed by atoms with E-state index in [1.165, 1.54) is 0 Å². The molecule has 0 atom stereocenters. The maximum absolute atomic E-state index is 4.90. The van der Waals surface area contributed by atoms with Crippen LogP contribution in [0.15, 0.2) is 24.4 Å². The van der Waals surface area contributed by atoms with Gasteiger partial charge in [-0.25, -0.2) is 19.9 Å². The monoisotopic (exact) mass is 320 g/mol. The summed E-state index contributed by atoms with van der Waals surface area (Å²) in [4.78, 5) is 18.4. The average Bonchev–Trinajstić information content (AvgIpc) is 3.13. The molecule has 0 aromatic carbocycles. The molecule has 0 fully saturated rings. The molecule has 6 heteroatoms. The summed E-state index contributed by atoms with van der Waals surface area (Å²) in [5.41, 5.74) is 6.02. The first-order valence-electron chi connectivity index (χ1n) is 8.18. The van der Waals surface area contributed by atoms with Crippen LogP contribution < -0.4 is 5.32 Å². The van der Waals surface area contributed by atoms with Crippen LogP contribution in [0.1, 0.15) is 42.7 Å². The van der Waals surface area contributed by atoms with E-state index in [1.54, 1.807) is 0 Å². The van der Waals surface area contributed by atoms with E-state index in [2.05, 4.69) is 44.8 Å². The van der Waals surface area contributed by atoms with Crippen LogP contribution in [0.4, 0.5) is 5.95 Å². The molecule has 0 aliphatic heterocycles. The highest BCUT2D eigenvalue weighted by Gasteiger charge is 2.20. The van der Waals surface area contributed by atoms with E-state index < -0.39 is 0 Å². The fourth-order valence-electron chi connectivity index (χ4n) is 3.32. The molecule has 0 radical (unpaired) electrons. The summed E-state index contributed by atoms with van der Waals surface area (Å²) in [6.07, 6.45) is 4.86. The summed E-state index contributed by atoms with van der Waals surface area (Å²) in [6.45, 7) is 6.33. The number of nitrogens with zero attached hydrogens (tertiary/aromatic N) is 5. The molecule has 3 aromatic heterocycles. The normalized spacial score (nSPS) is 13.5. The van der Waals surface area contributed by atoms with E-state index in [4.69, 9.17) is 4.98 Å². The minimum absolute atomic E-state index is 0.323. The van der Waals surface area contributed by atoms with Gasteiger partial charge in [-0.2, -0.15) is 0 Å². The number of fused-ring (bicyclic) bond motifs is 2. The zero-order valence-electron chi connectivity index (χ0n) is 14.3. The van der Waals surface area contributed by atoms with Crippen LogP contribution in [0.5, 0.6) is 0 Å². The predicted molar refractivity (Wildman–Crippen MR) is 95.0 cm³/mol. The molecule has 3 heterocycles. The largest absolute Gasteiger partial charge is 0.357 e. The minimum Gasteiger partial charge on any atom is -0.357 e. The van der Waals surface area contributed by atoms with E-state index in [1.807, 2.05) is 32.3 Å². The SMILES string of the molecule is CNc1ncc2c(n1)CC=C2c1ccc2nc(C)n(C(C)C)c2n1. The van der Waals surface area contributed by atoms with Crippen LogP contribution in [0.25, 0.3) is 16.7 Å². The van der Waals surface area contributed by atoms with Gasteiger partial charge in [-0.3, -0.25) is 0 Å². The van der Waals surface area contributed by atoms with Crippen LogP contribution >= 0.6 is 0 Å². The zero-order valence-corrected chi connectivity index (χ0v) is 14.3. The van der Waals surface area contributed by atoms with Gasteiger partial charge in [0.2, 0.25) is 5.95 Å². The fourth-order valence-corrected chi connectivity index (χ4v) is 3.32. The quantitative estimate of drug-likeness (QED) is 0.803. The van der Waals surface area contributed by atoms with Crippen LogP contribution in [-0.2, 0) is 6.42 Å². The molecule has 1 aliphatic carbocycles. The molecule has 0 spiro atoms. The molecule has 0 saturated carbocycles. The highest BCUT2D eigenvalue weighted by atomic mass is 15.1. The summed E-state index contributed by atoms with van der Waals surface area (Å²) in [5, 5.41) is 2.99. The molecule has 0 unspecified atom stereocenters. The molecule has 3 aromatic rings. The molecule has 0 bridgehead atoms. The molecular weight excluding hydrogens is 300 g/mol. The lowest BCUT2D eigenvalue weighted by Gasteiger charge is -2.11. The Bertz CT molecular complexity index is 967. The van der Waals surface area contributed by atoms with Crippen molar-refractivity contribution in [2.75, 3.05) is 12.4 Å². The van der Waals surface area contributed by atoms with Crippen molar-refractivity contribution in [3.63, 3.8) is 0 Å². The molecule has 24 heavy (non-hydrogen) atoms. The van der Waals surface area contributed by atoms with Crippen molar-refractivity contribution in [1.29, 1.82) is 0 Å². The zero-order chi connectivity index (χ0) is 16.8. The van der Waals surface area contributed by atoms with Gasteiger partial charge in [0.05, 0.1) is 11.4 Å². The highest BCUT2D eigenvalue weighted by molar-refractivity contribution is 5.85. The second-order valence-corrected chi connectivity index (χ2v) is 6.29. The topological polar surface area (TPSA) is 68.5 Å². The number of aryl methyl sites for hydroxylation is 1. The number of pyridine rings is 1. The third-order valence-corrected chi connectivity index (χ3v) is 4.39. The van der Waals surface area contributed by atoms with Crippen LogP contribution in [0.3, 0.4) is 0 Å². The summed E-state index contributed by atoms with van der Waals surface area (Å²) in [6, 6.07) is 4.40. The lowest BCUT2D eigenvalue weighted by atomic mass is 10.1. The molecule has 122 valence electrons. The van der Waals surface area contributed by atoms with Crippen LogP contribution in [0, 0.1) is 6.92 Å². The van der Waals surface area contributed by atoms with Gasteiger partial charge in [-0.15, -0.1) is 0 Å². The maximum atomic E-state index is 4.90. The number of hydrogen-bond donors (Lipinski definition) is 1. The van der Waals surface area contributed by atoms with Gasteiger partial charge in [0.15, 0.2) is 5.65 Å². The third kappa shape index (κ3) is 2.18. The van der Waals surface area contributed by atoms with E-state index in [-0.39, 0.29) is 0 Å². The standard InChI is InChI=1S/C18H20N6/c1-10(2)24-11(3)21-16-8-7-14(22-17(16)24)12-5-6-15-13(12)9-20-18(19-4)23-15/h5,7-10H,6H2,1-4H3,(H,19,20,23). The molecule has 1 N–H and O–H groups in total. The van der Waals surface area contributed by atoms with Gasteiger partial charge in [0.25, 0.3) is 0 Å². The first-order valence-corrected chi connectivity index (χ1v) is 8.18. The van der Waals surface area contributed by atoms with Gasteiger partial charge in [-0.05, 0) is 32.9 Å². The minimum atomic E-state index is 0.323. The number of anilines is 1. The molecule has 4 rings (SSSR count). The number of allylic oxidation sites excluding steroid dienone is 1. The van der Waals surface area contributed by atoms with Crippen molar-refractivity contribution in [3.05, 3.63) is 47.2 Å². The smallest absolute Gasteiger partial charge is 0.222 e. The van der Waals surface area contributed by atoms with Gasteiger partial charge in [0, 0.05) is 36.8 Å². The Kier molecular flexibility index (Phi) is 3.33. The summed E-state index contributed by atoms with van der Waals surface area (Å²) < 4.78 is 2.18. The Labute approximate surface area is 140 Å². The number of hydrogen-bond acceptors (Lipinski definition) is 5. The second-order valence-electron chi connectivity index (χ2n) is 6.29. The molecule has 0 amide bonds. The Hall–Kier alpha value is -2.76. The van der Waals surface area contributed by atoms with Crippen LogP contribution in [-0.4, -0.2) is 31.6 Å². The Balaban J connectivity index is 1.83. The number of nitrogens with one attached hydrogen (secondary N) is 1. The fraction of sp³-hybridized carbons (Fsp3) is 0.333. The molecule has 1 aliphatic rings. The first-order chi connectivity index (χ1) is 11.6. The first kappa shape index (κ1) is 14.8. The van der Waals surface area contributed by atoms with Gasteiger partial charge >= 0.3 is 0 Å². The number of aromatic nitrogens is 5. The van der Waals surface area contributed by atoms with Crippen molar-refractivity contribution in [2.24, 2.45) is 0 Å². The van der Waals surface area contributed by atoms with Crippen molar-refractivity contribution in [2.45, 2.75) is 33.2 Å². The molecular formula is C18H20N6. The lowest BCUT2D eigenvalue weighted by Crippen LogP contribution is -2.05. The van der Waals surface area contributed by atoms with Gasteiger partial charge < -0.3 is 9.88 Å². The van der Waals surface area contributed by atoms with Crippen molar-refractivity contribution in [1.82, 2.24) is 24.5 Å². The number of rotatable bonds is 3. The number of imidazole rings is 1. The molecule has 0 saturated heterocycles. The summed E-state index contributed by atoms with van der Waals surface area (Å²) in [5.74, 6) is 1.65. The lowest BCUT2D eigenvalue weighted by molar-refractivity contribution is 0.595. The van der Waals surface area contributed by atoms with E-state index in [0.29, 0.717) is 12.0 Å². The Morgan fingerprint density at radius 2 is 2.00 bits per heavy atom. The van der Waals surface area contributed by atoms with Crippen molar-refractivity contribution < 1.29 is 0 Å². The summed E-state index contributed by atoms with van der Waals surface area (Å²) in [7, 11) is 1.83. The maximum Gasteiger partial charge on any atom is 0.222 e. The highest BCUT2D eigenvalue weighted by Crippen LogP contribution is 2.32. The van der Waals surface area contributed by atoms with Gasteiger partial charge in [-0.1, -0.05) is 6.08 Å². The van der Waals surface area contributed by atoms with E-state index >= 15 is 0 Å². The summed E-state index contributed by atoms with van der Waals surface area (Å²) >= 11 is 0. The predicted octanol–water partition coefficient (Wildman–Crippen LogP) is 3.14. The molecule has 6 nitrogen and oxygen atoms in total. The van der Waals surface area contributed by atoms with Crippen molar-refractivity contribution in [3.8, 4) is 0 Å². The Morgan fingerprint density at radius 3 is 2.75 bits per heavy atom. The van der Waals surface area contributed by atoms with Crippen molar-refractivity contribution >= 4 is 22.7 Å². The second kappa shape index (κ2) is 5.40. The Morgan fingerprint density at radius 1 is 1.17 bits per heavy atom. The van der Waals surface area contributed by atoms with Crippen LogP contribution in [0.2, 0.25) is 0 Å². The third-order valence-electron chi connectivity index (χ3n) is 4.39.